The van der Waals surface area contributed by atoms with Gasteiger partial charge in [-0.2, -0.15) is 0 Å². The number of amides is 1. The molecule has 0 spiro atoms. The van der Waals surface area contributed by atoms with E-state index in [-0.39, 0.29) is 23.7 Å². The molecule has 1 aromatic rings. The van der Waals surface area contributed by atoms with Gasteiger partial charge in [-0.05, 0) is 75.0 Å². The first-order valence-corrected chi connectivity index (χ1v) is 14.6. The molecule has 8 nitrogen and oxygen atoms in total. The number of nitrogens with zero attached hydrogens (tertiary/aromatic N) is 1. The Hall–Kier alpha value is -2.48. The van der Waals surface area contributed by atoms with Crippen molar-refractivity contribution >= 4 is 11.9 Å². The number of methoxy groups -OCH3 is 2. The molecule has 2 fully saturated rings. The molecule has 0 unspecified atom stereocenters. The number of hydrogen-bond acceptors (Lipinski definition) is 7. The lowest BCUT2D eigenvalue weighted by molar-refractivity contribution is -0.158. The van der Waals surface area contributed by atoms with Crippen LogP contribution in [0.2, 0.25) is 0 Å². The molecular formula is C30H45NO7. The molecule has 3 aliphatic rings. The molecule has 2 heterocycles. The Morgan fingerprint density at radius 3 is 2.26 bits per heavy atom. The van der Waals surface area contributed by atoms with Crippen LogP contribution in [-0.2, 0) is 19.1 Å². The third kappa shape index (κ3) is 7.13. The van der Waals surface area contributed by atoms with Crippen molar-refractivity contribution in [2.24, 2.45) is 5.92 Å². The highest BCUT2D eigenvalue weighted by Crippen LogP contribution is 2.45. The van der Waals surface area contributed by atoms with Gasteiger partial charge in [0.2, 0.25) is 11.7 Å². The van der Waals surface area contributed by atoms with Gasteiger partial charge in [-0.3, -0.25) is 4.79 Å². The van der Waals surface area contributed by atoms with E-state index in [1.807, 2.05) is 17.0 Å². The lowest BCUT2D eigenvalue weighted by Crippen LogP contribution is -2.51. The van der Waals surface area contributed by atoms with Crippen molar-refractivity contribution in [3.05, 3.63) is 17.7 Å². The highest BCUT2D eigenvalue weighted by Gasteiger charge is 2.40. The minimum absolute atomic E-state index is 0.0167. The van der Waals surface area contributed by atoms with Crippen LogP contribution in [0.15, 0.2) is 12.1 Å². The standard InChI is InChI=1S/C30H45NO7/c1-34-25-20-23-21-26(28(25)35-2)37-19-11-17-36-16-9-4-10-18-38-30(33)24-14-7-8-15-31(24)29(32)27(23)22-12-5-3-6-13-22/h20-22,24,27H,3-19H2,1-2H3/t24-,27-/m0/s1. The van der Waals surface area contributed by atoms with Crippen LogP contribution in [0.25, 0.3) is 0 Å². The molecule has 1 amide bonds. The largest absolute Gasteiger partial charge is 0.493 e. The third-order valence-corrected chi connectivity index (χ3v) is 8.14. The van der Waals surface area contributed by atoms with E-state index in [2.05, 4.69) is 0 Å². The van der Waals surface area contributed by atoms with E-state index in [1.165, 1.54) is 6.42 Å². The molecule has 212 valence electrons. The molecule has 2 aliphatic heterocycles. The van der Waals surface area contributed by atoms with Crippen LogP contribution >= 0.6 is 0 Å². The number of carbonyl (C=O) groups excluding carboxylic acids is 2. The Balaban J connectivity index is 1.72. The van der Waals surface area contributed by atoms with Crippen molar-refractivity contribution in [1.29, 1.82) is 0 Å². The Labute approximate surface area is 227 Å². The average molecular weight is 532 g/mol. The summed E-state index contributed by atoms with van der Waals surface area (Å²) in [6.07, 6.45) is 11.2. The summed E-state index contributed by atoms with van der Waals surface area (Å²) in [5.41, 5.74) is 0.862. The number of rotatable bonds is 3. The number of fused-ring (bicyclic) bond motifs is 3. The fourth-order valence-electron chi connectivity index (χ4n) is 6.14. The SMILES string of the molecule is COc1cc2cc(c1OC)OCCCOCCCCCOC(=O)[C@@H]1CCCCN1C(=O)[C@H]2C1CCCCC1. The summed E-state index contributed by atoms with van der Waals surface area (Å²) >= 11 is 0. The van der Waals surface area contributed by atoms with Crippen LogP contribution in [0.3, 0.4) is 0 Å². The third-order valence-electron chi connectivity index (χ3n) is 8.14. The van der Waals surface area contributed by atoms with Crippen LogP contribution in [0.4, 0.5) is 0 Å². The molecule has 2 bridgehead atoms. The van der Waals surface area contributed by atoms with E-state index in [0.717, 1.165) is 69.8 Å². The van der Waals surface area contributed by atoms with Crippen LogP contribution in [0, 0.1) is 5.92 Å². The smallest absolute Gasteiger partial charge is 0.328 e. The predicted molar refractivity (Wildman–Crippen MR) is 144 cm³/mol. The molecule has 1 aliphatic carbocycles. The molecule has 1 saturated heterocycles. The summed E-state index contributed by atoms with van der Waals surface area (Å²) < 4.78 is 29.0. The first-order chi connectivity index (χ1) is 18.6. The number of esters is 1. The van der Waals surface area contributed by atoms with Gasteiger partial charge in [-0.25, -0.2) is 4.79 Å². The molecule has 0 N–H and O–H groups in total. The number of cyclic esters (lactones) is 1. The lowest BCUT2D eigenvalue weighted by atomic mass is 9.75. The molecule has 1 aromatic carbocycles. The second-order valence-electron chi connectivity index (χ2n) is 10.7. The zero-order valence-corrected chi connectivity index (χ0v) is 23.2. The molecule has 0 aromatic heterocycles. The van der Waals surface area contributed by atoms with E-state index in [1.54, 1.807) is 14.2 Å². The molecule has 2 atom stereocenters. The molecule has 1 saturated carbocycles. The lowest BCUT2D eigenvalue weighted by Gasteiger charge is -2.39. The van der Waals surface area contributed by atoms with E-state index < -0.39 is 6.04 Å². The minimum Gasteiger partial charge on any atom is -0.493 e. The maximum absolute atomic E-state index is 14.4. The van der Waals surface area contributed by atoms with Gasteiger partial charge in [0.15, 0.2) is 11.5 Å². The highest BCUT2D eigenvalue weighted by atomic mass is 16.5. The number of benzene rings is 1. The second kappa shape index (κ2) is 14.6. The summed E-state index contributed by atoms with van der Waals surface area (Å²) in [4.78, 5) is 29.4. The highest BCUT2D eigenvalue weighted by molar-refractivity contribution is 5.89. The predicted octanol–water partition coefficient (Wildman–Crippen LogP) is 5.26. The fourth-order valence-corrected chi connectivity index (χ4v) is 6.14. The van der Waals surface area contributed by atoms with E-state index in [4.69, 9.17) is 23.7 Å². The Morgan fingerprint density at radius 1 is 0.763 bits per heavy atom. The van der Waals surface area contributed by atoms with Gasteiger partial charge < -0.3 is 28.6 Å². The van der Waals surface area contributed by atoms with Crippen molar-refractivity contribution in [1.82, 2.24) is 4.90 Å². The van der Waals surface area contributed by atoms with Gasteiger partial charge in [0, 0.05) is 26.2 Å². The van der Waals surface area contributed by atoms with E-state index in [0.29, 0.717) is 56.6 Å². The van der Waals surface area contributed by atoms with Crippen LogP contribution in [0.5, 0.6) is 17.2 Å². The summed E-state index contributed by atoms with van der Waals surface area (Å²) in [6.45, 7) is 2.72. The average Bonchev–Trinajstić information content (AvgIpc) is 2.95. The van der Waals surface area contributed by atoms with Crippen molar-refractivity contribution in [2.75, 3.05) is 47.2 Å². The topological polar surface area (TPSA) is 83.5 Å². The zero-order valence-electron chi connectivity index (χ0n) is 23.2. The van der Waals surface area contributed by atoms with Crippen molar-refractivity contribution in [3.63, 3.8) is 0 Å². The number of ether oxygens (including phenoxy) is 5. The van der Waals surface area contributed by atoms with Crippen LogP contribution in [0.1, 0.15) is 88.5 Å². The zero-order chi connectivity index (χ0) is 26.7. The van der Waals surface area contributed by atoms with Gasteiger partial charge in [-0.1, -0.05) is 19.3 Å². The first kappa shape index (κ1) is 28.5. The normalized spacial score (nSPS) is 25.2. The summed E-state index contributed by atoms with van der Waals surface area (Å²) in [5.74, 6) is 1.21. The fraction of sp³-hybridized carbons (Fsp3) is 0.733. The molecular weight excluding hydrogens is 486 g/mol. The maximum atomic E-state index is 14.4. The Morgan fingerprint density at radius 2 is 1.47 bits per heavy atom. The monoisotopic (exact) mass is 531 g/mol. The first-order valence-electron chi connectivity index (χ1n) is 14.6. The molecule has 38 heavy (non-hydrogen) atoms. The van der Waals surface area contributed by atoms with Crippen molar-refractivity contribution < 1.29 is 33.3 Å². The van der Waals surface area contributed by atoms with E-state index in [9.17, 15) is 9.59 Å². The van der Waals surface area contributed by atoms with Crippen LogP contribution in [-0.4, -0.2) is 70.0 Å². The summed E-state index contributed by atoms with van der Waals surface area (Å²) in [6, 6.07) is 3.35. The van der Waals surface area contributed by atoms with Gasteiger partial charge in [0.25, 0.3) is 0 Å². The van der Waals surface area contributed by atoms with Gasteiger partial charge in [0.1, 0.15) is 6.04 Å². The maximum Gasteiger partial charge on any atom is 0.328 e. The molecule has 8 heteroatoms. The summed E-state index contributed by atoms with van der Waals surface area (Å²) in [5, 5.41) is 0. The number of hydrogen-bond donors (Lipinski definition) is 0. The summed E-state index contributed by atoms with van der Waals surface area (Å²) in [7, 11) is 3.21. The quantitative estimate of drug-likeness (QED) is 0.492. The molecule has 0 radical (unpaired) electrons. The van der Waals surface area contributed by atoms with Gasteiger partial charge >= 0.3 is 5.97 Å². The second-order valence-corrected chi connectivity index (χ2v) is 10.7. The van der Waals surface area contributed by atoms with Gasteiger partial charge in [-0.15, -0.1) is 0 Å². The van der Waals surface area contributed by atoms with Gasteiger partial charge in [0.05, 0.1) is 33.4 Å². The molecule has 4 rings (SSSR count). The van der Waals surface area contributed by atoms with E-state index >= 15 is 0 Å². The number of carbonyl (C=O) groups is 2. The van der Waals surface area contributed by atoms with Crippen molar-refractivity contribution in [2.45, 2.75) is 89.0 Å². The Bertz CT molecular complexity index is 914. The Kier molecular flexibility index (Phi) is 11.0. The minimum atomic E-state index is -0.524. The van der Waals surface area contributed by atoms with Crippen molar-refractivity contribution in [3.8, 4) is 17.2 Å². The van der Waals surface area contributed by atoms with Crippen LogP contribution < -0.4 is 14.2 Å². The number of piperidine rings is 1.